The Morgan fingerprint density at radius 1 is 1.18 bits per heavy atom. The van der Waals surface area contributed by atoms with Gasteiger partial charge in [-0.1, -0.05) is 0 Å². The molecular weight excluding hydrogens is 297 g/mol. The number of allylic oxidation sites excluding steroid dienone is 2. The minimum absolute atomic E-state index is 0.0617. The molecule has 8 heteroatoms. The Kier molecular flexibility index (Phi) is 5.38. The van der Waals surface area contributed by atoms with Crippen LogP contribution in [0.2, 0.25) is 0 Å². The van der Waals surface area contributed by atoms with Crippen LogP contribution in [0.15, 0.2) is 29.5 Å². The molecule has 1 rings (SSSR count). The Labute approximate surface area is 124 Å². The van der Waals surface area contributed by atoms with Gasteiger partial charge in [-0.3, -0.25) is 0 Å². The van der Waals surface area contributed by atoms with Crippen LogP contribution in [0, 0.1) is 34.0 Å². The SMILES string of the molecule is CCOc1ccc(NC(C#N)=C(C#N)C#N)cc1C(F)(F)F. The van der Waals surface area contributed by atoms with Crippen LogP contribution in [0.3, 0.4) is 0 Å². The maximum atomic E-state index is 13.0. The standard InChI is InChI=1S/C14H9F3N4O/c1-2-22-13-4-3-10(5-11(13)14(15,16)17)21-12(8-20)9(6-18)7-19/h3-5,21H,2H2,1H3. The lowest BCUT2D eigenvalue weighted by molar-refractivity contribution is -0.138. The minimum atomic E-state index is -4.65. The third kappa shape index (κ3) is 3.91. The van der Waals surface area contributed by atoms with Crippen molar-refractivity contribution in [2.75, 3.05) is 11.9 Å². The van der Waals surface area contributed by atoms with Crippen molar-refractivity contribution in [1.82, 2.24) is 0 Å². The lowest BCUT2D eigenvalue weighted by atomic mass is 10.1. The topological polar surface area (TPSA) is 92.6 Å². The van der Waals surface area contributed by atoms with E-state index < -0.39 is 23.0 Å². The Morgan fingerprint density at radius 2 is 1.82 bits per heavy atom. The van der Waals surface area contributed by atoms with Gasteiger partial charge in [0, 0.05) is 5.69 Å². The first-order valence-corrected chi connectivity index (χ1v) is 5.93. The Bertz CT molecular complexity index is 702. The summed E-state index contributed by atoms with van der Waals surface area (Å²) in [5.41, 5.74) is -2.06. The van der Waals surface area contributed by atoms with Crippen molar-refractivity contribution < 1.29 is 17.9 Å². The van der Waals surface area contributed by atoms with Crippen molar-refractivity contribution in [3.8, 4) is 24.0 Å². The molecule has 0 fully saturated rings. The average Bonchev–Trinajstić information content (AvgIpc) is 2.47. The summed E-state index contributed by atoms with van der Waals surface area (Å²) in [4.78, 5) is 0. The van der Waals surface area contributed by atoms with Crippen LogP contribution in [0.25, 0.3) is 0 Å². The molecule has 22 heavy (non-hydrogen) atoms. The molecule has 0 bridgehead atoms. The van der Waals surface area contributed by atoms with Gasteiger partial charge in [0.2, 0.25) is 0 Å². The van der Waals surface area contributed by atoms with Crippen molar-refractivity contribution >= 4 is 5.69 Å². The van der Waals surface area contributed by atoms with E-state index in [0.29, 0.717) is 0 Å². The number of nitrogens with zero attached hydrogens (tertiary/aromatic N) is 3. The molecule has 0 radical (unpaired) electrons. The first-order chi connectivity index (χ1) is 10.4. The Morgan fingerprint density at radius 3 is 2.27 bits per heavy atom. The highest BCUT2D eigenvalue weighted by atomic mass is 19.4. The van der Waals surface area contributed by atoms with Gasteiger partial charge in [-0.25, -0.2) is 0 Å². The molecule has 0 aromatic heterocycles. The van der Waals surface area contributed by atoms with Crippen molar-refractivity contribution in [2.45, 2.75) is 13.1 Å². The summed E-state index contributed by atoms with van der Waals surface area (Å²) in [6, 6.07) is 7.63. The molecular formula is C14H9F3N4O. The minimum Gasteiger partial charge on any atom is -0.493 e. The number of hydrogen-bond acceptors (Lipinski definition) is 5. The van der Waals surface area contributed by atoms with E-state index in [2.05, 4.69) is 5.32 Å². The fourth-order valence-corrected chi connectivity index (χ4v) is 1.54. The fraction of sp³-hybridized carbons (Fsp3) is 0.214. The summed E-state index contributed by atoms with van der Waals surface area (Å²) < 4.78 is 43.8. The molecule has 0 saturated heterocycles. The number of benzene rings is 1. The molecule has 5 nitrogen and oxygen atoms in total. The van der Waals surface area contributed by atoms with Crippen molar-refractivity contribution in [2.24, 2.45) is 0 Å². The van der Waals surface area contributed by atoms with E-state index in [4.69, 9.17) is 20.5 Å². The highest BCUT2D eigenvalue weighted by Crippen LogP contribution is 2.38. The molecule has 0 atom stereocenters. The highest BCUT2D eigenvalue weighted by molar-refractivity contribution is 5.61. The quantitative estimate of drug-likeness (QED) is 0.861. The van der Waals surface area contributed by atoms with Crippen molar-refractivity contribution in [3.63, 3.8) is 0 Å². The Hall–Kier alpha value is -3.18. The van der Waals surface area contributed by atoms with Crippen LogP contribution < -0.4 is 10.1 Å². The van der Waals surface area contributed by atoms with Crippen molar-refractivity contribution in [3.05, 3.63) is 35.0 Å². The lowest BCUT2D eigenvalue weighted by Crippen LogP contribution is -2.10. The van der Waals surface area contributed by atoms with E-state index >= 15 is 0 Å². The first-order valence-electron chi connectivity index (χ1n) is 5.93. The first kappa shape index (κ1) is 16.9. The fourth-order valence-electron chi connectivity index (χ4n) is 1.54. The van der Waals surface area contributed by atoms with E-state index in [1.807, 2.05) is 0 Å². The monoisotopic (exact) mass is 306 g/mol. The molecule has 0 amide bonds. The summed E-state index contributed by atoms with van der Waals surface area (Å²) in [6.07, 6.45) is -4.65. The summed E-state index contributed by atoms with van der Waals surface area (Å²) in [5.74, 6) is -0.344. The zero-order valence-electron chi connectivity index (χ0n) is 11.3. The summed E-state index contributed by atoms with van der Waals surface area (Å²) in [5, 5.41) is 28.6. The molecule has 1 aromatic carbocycles. The molecule has 0 unspecified atom stereocenters. The molecule has 1 aromatic rings. The van der Waals surface area contributed by atoms with Crippen LogP contribution >= 0.6 is 0 Å². The second-order valence-corrected chi connectivity index (χ2v) is 3.85. The number of nitrogens with one attached hydrogen (secondary N) is 1. The van der Waals surface area contributed by atoms with Crippen LogP contribution in [0.1, 0.15) is 12.5 Å². The number of hydrogen-bond donors (Lipinski definition) is 1. The molecule has 1 N–H and O–H groups in total. The van der Waals surface area contributed by atoms with Gasteiger partial charge in [0.1, 0.15) is 29.7 Å². The third-order valence-corrected chi connectivity index (χ3v) is 2.44. The second-order valence-electron chi connectivity index (χ2n) is 3.85. The van der Waals surface area contributed by atoms with E-state index in [-0.39, 0.29) is 18.0 Å². The van der Waals surface area contributed by atoms with Crippen LogP contribution in [-0.2, 0) is 6.18 Å². The molecule has 0 heterocycles. The number of alkyl halides is 3. The molecule has 0 spiro atoms. The van der Waals surface area contributed by atoms with Crippen LogP contribution in [0.5, 0.6) is 5.75 Å². The summed E-state index contributed by atoms with van der Waals surface area (Å²) in [6.45, 7) is 1.61. The van der Waals surface area contributed by atoms with E-state index in [0.717, 1.165) is 12.1 Å². The smallest absolute Gasteiger partial charge is 0.420 e. The van der Waals surface area contributed by atoms with Crippen LogP contribution in [-0.4, -0.2) is 6.61 Å². The van der Waals surface area contributed by atoms with Gasteiger partial charge in [-0.15, -0.1) is 0 Å². The predicted octanol–water partition coefficient (Wildman–Crippen LogP) is 3.34. The predicted molar refractivity (Wildman–Crippen MR) is 70.1 cm³/mol. The zero-order valence-corrected chi connectivity index (χ0v) is 11.3. The van der Waals surface area contributed by atoms with Gasteiger partial charge in [-0.05, 0) is 25.1 Å². The number of ether oxygens (including phenoxy) is 1. The largest absolute Gasteiger partial charge is 0.493 e. The van der Waals surface area contributed by atoms with Gasteiger partial charge in [-0.2, -0.15) is 29.0 Å². The third-order valence-electron chi connectivity index (χ3n) is 2.44. The maximum absolute atomic E-state index is 13.0. The molecule has 0 aliphatic carbocycles. The summed E-state index contributed by atoms with van der Waals surface area (Å²) in [7, 11) is 0. The maximum Gasteiger partial charge on any atom is 0.420 e. The molecule has 0 saturated carbocycles. The highest BCUT2D eigenvalue weighted by Gasteiger charge is 2.34. The number of rotatable bonds is 4. The average molecular weight is 306 g/mol. The van der Waals surface area contributed by atoms with Crippen molar-refractivity contribution in [1.29, 1.82) is 15.8 Å². The number of anilines is 1. The van der Waals surface area contributed by atoms with Gasteiger partial charge in [0.05, 0.1) is 12.2 Å². The van der Waals surface area contributed by atoms with E-state index in [1.54, 1.807) is 13.0 Å². The van der Waals surface area contributed by atoms with Gasteiger partial charge < -0.3 is 10.1 Å². The van der Waals surface area contributed by atoms with Crippen LogP contribution in [0.4, 0.5) is 18.9 Å². The number of nitriles is 3. The van der Waals surface area contributed by atoms with Gasteiger partial charge >= 0.3 is 6.18 Å². The van der Waals surface area contributed by atoms with Gasteiger partial charge in [0.15, 0.2) is 5.57 Å². The summed E-state index contributed by atoms with van der Waals surface area (Å²) >= 11 is 0. The molecule has 112 valence electrons. The molecule has 0 aliphatic rings. The zero-order chi connectivity index (χ0) is 16.8. The number of halogens is 3. The van der Waals surface area contributed by atoms with Gasteiger partial charge in [0.25, 0.3) is 0 Å². The Balaban J connectivity index is 3.30. The molecule has 0 aliphatic heterocycles. The normalized spacial score (nSPS) is 9.86. The lowest BCUT2D eigenvalue weighted by Gasteiger charge is -2.15. The van der Waals surface area contributed by atoms with E-state index in [9.17, 15) is 13.2 Å². The second kappa shape index (κ2) is 7.01. The van der Waals surface area contributed by atoms with E-state index in [1.165, 1.54) is 18.2 Å².